The van der Waals surface area contributed by atoms with Crippen molar-refractivity contribution >= 4 is 17.4 Å². The van der Waals surface area contributed by atoms with E-state index in [1.54, 1.807) is 6.92 Å². The molecule has 0 aliphatic carbocycles. The lowest BCUT2D eigenvalue weighted by molar-refractivity contribution is 0.0933. The Hall–Kier alpha value is -1.01. The number of nitrogens with one attached hydrogen (secondary N) is 2. The zero-order chi connectivity index (χ0) is 10.7. The number of carbonyl (C=O) groups excluding carboxylic acids is 1. The highest BCUT2D eigenvalue weighted by Gasteiger charge is 2.19. The third kappa shape index (κ3) is 2.51. The van der Waals surface area contributed by atoms with E-state index in [2.05, 4.69) is 20.2 Å². The van der Waals surface area contributed by atoms with Gasteiger partial charge in [-0.3, -0.25) is 4.79 Å². The lowest BCUT2D eigenvalue weighted by Crippen LogP contribution is -2.42. The van der Waals surface area contributed by atoms with E-state index in [1.165, 1.54) is 0 Å². The number of hydrogen-bond donors (Lipinski definition) is 2. The topological polar surface area (TPSA) is 66.9 Å². The molecule has 1 aliphatic heterocycles. The second-order valence-corrected chi connectivity index (χ2v) is 4.44. The Morgan fingerprint density at radius 2 is 2.27 bits per heavy atom. The zero-order valence-corrected chi connectivity index (χ0v) is 9.43. The Labute approximate surface area is 92.4 Å². The first-order chi connectivity index (χ1) is 7.27. The largest absolute Gasteiger partial charge is 0.348 e. The lowest BCUT2D eigenvalue weighted by atomic mass is 10.1. The van der Waals surface area contributed by atoms with E-state index in [4.69, 9.17) is 0 Å². The monoisotopic (exact) mass is 226 g/mol. The Morgan fingerprint density at radius 3 is 2.87 bits per heavy atom. The molecule has 15 heavy (non-hydrogen) atoms. The minimum absolute atomic E-state index is 0.0330. The number of nitrogens with zero attached hydrogens (tertiary/aromatic N) is 2. The number of hydrogen-bond acceptors (Lipinski definition) is 5. The molecule has 1 aromatic rings. The fraction of sp³-hybridized carbons (Fsp3) is 0.667. The molecule has 1 amide bonds. The predicted octanol–water partition coefficient (Wildman–Crippen LogP) is 0.328. The summed E-state index contributed by atoms with van der Waals surface area (Å²) in [6.07, 6.45) is 1.99. The van der Waals surface area contributed by atoms with Gasteiger partial charge in [-0.2, -0.15) is 0 Å². The number of rotatable bonds is 2. The number of carbonyl (C=O) groups is 1. The van der Waals surface area contributed by atoms with Gasteiger partial charge in [-0.1, -0.05) is 4.49 Å². The van der Waals surface area contributed by atoms with E-state index < -0.39 is 0 Å². The van der Waals surface area contributed by atoms with Crippen LogP contribution in [0.25, 0.3) is 0 Å². The van der Waals surface area contributed by atoms with E-state index >= 15 is 0 Å². The van der Waals surface area contributed by atoms with Gasteiger partial charge < -0.3 is 10.6 Å². The molecule has 0 saturated carbocycles. The summed E-state index contributed by atoms with van der Waals surface area (Å²) in [6.45, 7) is 3.76. The van der Waals surface area contributed by atoms with Crippen LogP contribution in [0, 0.1) is 6.92 Å². The molecule has 1 fully saturated rings. The first kappa shape index (κ1) is 10.5. The Kier molecular flexibility index (Phi) is 3.27. The molecule has 2 heterocycles. The fourth-order valence-electron chi connectivity index (χ4n) is 1.66. The molecule has 0 bridgehead atoms. The molecule has 0 aromatic carbocycles. The average molecular weight is 226 g/mol. The third-order valence-corrected chi connectivity index (χ3v) is 3.36. The van der Waals surface area contributed by atoms with Crippen LogP contribution in [0.5, 0.6) is 0 Å². The highest BCUT2D eigenvalue weighted by Crippen LogP contribution is 2.10. The molecule has 2 N–H and O–H groups in total. The van der Waals surface area contributed by atoms with Crippen LogP contribution in [-0.4, -0.2) is 34.6 Å². The van der Waals surface area contributed by atoms with Gasteiger partial charge in [-0.05, 0) is 44.4 Å². The number of amides is 1. The van der Waals surface area contributed by atoms with E-state index in [0.717, 1.165) is 37.5 Å². The zero-order valence-electron chi connectivity index (χ0n) is 8.62. The van der Waals surface area contributed by atoms with Crippen molar-refractivity contribution < 1.29 is 4.79 Å². The van der Waals surface area contributed by atoms with Crippen molar-refractivity contribution in [1.82, 2.24) is 20.2 Å². The molecule has 1 saturated heterocycles. The molecule has 1 aliphatic rings. The van der Waals surface area contributed by atoms with Gasteiger partial charge in [0.25, 0.3) is 5.91 Å². The molecule has 5 nitrogen and oxygen atoms in total. The minimum Gasteiger partial charge on any atom is -0.348 e. The summed E-state index contributed by atoms with van der Waals surface area (Å²) in [4.78, 5) is 12.4. The van der Waals surface area contributed by atoms with Gasteiger partial charge in [0.05, 0.1) is 5.69 Å². The SMILES string of the molecule is Cc1nnsc1C(=O)NC1CCNCC1. The first-order valence-electron chi connectivity index (χ1n) is 5.08. The van der Waals surface area contributed by atoms with Crippen molar-refractivity contribution in [2.45, 2.75) is 25.8 Å². The number of aryl methyl sites for hydroxylation is 1. The predicted molar refractivity (Wildman–Crippen MR) is 58.0 cm³/mol. The van der Waals surface area contributed by atoms with E-state index in [1.807, 2.05) is 0 Å². The summed E-state index contributed by atoms with van der Waals surface area (Å²) in [5.41, 5.74) is 0.714. The summed E-state index contributed by atoms with van der Waals surface area (Å²) in [6, 6.07) is 0.292. The average Bonchev–Trinajstić information content (AvgIpc) is 2.66. The summed E-state index contributed by atoms with van der Waals surface area (Å²) in [5, 5.41) is 10.1. The fourth-order valence-corrected chi connectivity index (χ4v) is 2.22. The van der Waals surface area contributed by atoms with E-state index in [9.17, 15) is 4.79 Å². The molecule has 0 spiro atoms. The van der Waals surface area contributed by atoms with Crippen molar-refractivity contribution in [3.8, 4) is 0 Å². The molecule has 6 heteroatoms. The quantitative estimate of drug-likeness (QED) is 0.762. The van der Waals surface area contributed by atoms with E-state index in [0.29, 0.717) is 16.6 Å². The van der Waals surface area contributed by atoms with Gasteiger partial charge in [0.15, 0.2) is 0 Å². The molecule has 0 unspecified atom stereocenters. The Morgan fingerprint density at radius 1 is 1.53 bits per heavy atom. The van der Waals surface area contributed by atoms with Crippen LogP contribution in [0.2, 0.25) is 0 Å². The molecule has 82 valence electrons. The standard InChI is InChI=1S/C9H14N4OS/c1-6-8(15-13-12-6)9(14)11-7-2-4-10-5-3-7/h7,10H,2-5H2,1H3,(H,11,14). The van der Waals surface area contributed by atoms with Gasteiger partial charge in [0, 0.05) is 6.04 Å². The maximum Gasteiger partial charge on any atom is 0.265 e. The van der Waals surface area contributed by atoms with Crippen molar-refractivity contribution in [3.05, 3.63) is 10.6 Å². The van der Waals surface area contributed by atoms with Gasteiger partial charge >= 0.3 is 0 Å². The van der Waals surface area contributed by atoms with Crippen LogP contribution in [0.1, 0.15) is 28.2 Å². The van der Waals surface area contributed by atoms with Gasteiger partial charge in [0.2, 0.25) is 0 Å². The number of piperidine rings is 1. The Balaban J connectivity index is 1.94. The molecule has 0 radical (unpaired) electrons. The van der Waals surface area contributed by atoms with Crippen LogP contribution >= 0.6 is 11.5 Å². The van der Waals surface area contributed by atoms with Crippen molar-refractivity contribution in [3.63, 3.8) is 0 Å². The maximum atomic E-state index is 11.8. The smallest absolute Gasteiger partial charge is 0.265 e. The van der Waals surface area contributed by atoms with Crippen molar-refractivity contribution in [2.24, 2.45) is 0 Å². The van der Waals surface area contributed by atoms with Crippen LogP contribution in [0.4, 0.5) is 0 Å². The molecule has 2 rings (SSSR count). The van der Waals surface area contributed by atoms with Crippen LogP contribution in [-0.2, 0) is 0 Å². The summed E-state index contributed by atoms with van der Waals surface area (Å²) in [5.74, 6) is -0.0330. The van der Waals surface area contributed by atoms with Crippen molar-refractivity contribution in [2.75, 3.05) is 13.1 Å². The van der Waals surface area contributed by atoms with Crippen molar-refractivity contribution in [1.29, 1.82) is 0 Å². The summed E-state index contributed by atoms with van der Waals surface area (Å²) in [7, 11) is 0. The lowest BCUT2D eigenvalue weighted by Gasteiger charge is -2.23. The van der Waals surface area contributed by atoms with Gasteiger partial charge in [-0.25, -0.2) is 0 Å². The molecule has 1 aromatic heterocycles. The number of aromatic nitrogens is 2. The maximum absolute atomic E-state index is 11.8. The third-order valence-electron chi connectivity index (χ3n) is 2.53. The molecular formula is C9H14N4OS. The summed E-state index contributed by atoms with van der Waals surface area (Å²) < 4.78 is 3.75. The van der Waals surface area contributed by atoms with E-state index in [-0.39, 0.29) is 5.91 Å². The highest BCUT2D eigenvalue weighted by molar-refractivity contribution is 7.07. The normalized spacial score (nSPS) is 17.7. The van der Waals surface area contributed by atoms with Crippen LogP contribution < -0.4 is 10.6 Å². The van der Waals surface area contributed by atoms with Crippen LogP contribution in [0.15, 0.2) is 0 Å². The Bertz CT molecular complexity index is 346. The van der Waals surface area contributed by atoms with Gasteiger partial charge in [0.1, 0.15) is 4.88 Å². The summed E-state index contributed by atoms with van der Waals surface area (Å²) >= 11 is 1.16. The van der Waals surface area contributed by atoms with Gasteiger partial charge in [-0.15, -0.1) is 5.10 Å². The van der Waals surface area contributed by atoms with Crippen LogP contribution in [0.3, 0.4) is 0 Å². The first-order valence-corrected chi connectivity index (χ1v) is 5.85. The highest BCUT2D eigenvalue weighted by atomic mass is 32.1. The molecular weight excluding hydrogens is 212 g/mol. The molecule has 0 atom stereocenters. The second-order valence-electron chi connectivity index (χ2n) is 3.69. The minimum atomic E-state index is -0.0330. The second kappa shape index (κ2) is 4.67.